The molecular formula is C20H27N4O4+. The lowest BCUT2D eigenvalue weighted by Gasteiger charge is -2.18. The molecule has 0 fully saturated rings. The molecule has 0 aliphatic carbocycles. The fourth-order valence-corrected chi connectivity index (χ4v) is 2.71. The summed E-state index contributed by atoms with van der Waals surface area (Å²) in [6.45, 7) is 6.21. The van der Waals surface area contributed by atoms with Gasteiger partial charge in [0, 0.05) is 18.3 Å². The van der Waals surface area contributed by atoms with E-state index in [4.69, 9.17) is 4.42 Å². The highest BCUT2D eigenvalue weighted by atomic mass is 16.3. The SMILES string of the molecule is CC[NH+](CC(=O)Nc1ccc(NC(C)=O)cc1)CC(=O)N[C@H](C)c1ccco1. The number of rotatable bonds is 9. The van der Waals surface area contributed by atoms with Crippen LogP contribution in [0.4, 0.5) is 11.4 Å². The Morgan fingerprint density at radius 1 is 1.00 bits per heavy atom. The number of carbonyl (C=O) groups is 3. The number of furan rings is 1. The Morgan fingerprint density at radius 3 is 2.14 bits per heavy atom. The molecule has 0 saturated heterocycles. The fraction of sp³-hybridized carbons (Fsp3) is 0.350. The zero-order valence-electron chi connectivity index (χ0n) is 16.4. The Bertz CT molecular complexity index is 787. The van der Waals surface area contributed by atoms with Crippen molar-refractivity contribution in [2.45, 2.75) is 26.8 Å². The molecule has 0 spiro atoms. The molecule has 1 unspecified atom stereocenters. The summed E-state index contributed by atoms with van der Waals surface area (Å²) >= 11 is 0. The lowest BCUT2D eigenvalue weighted by Crippen LogP contribution is -3.14. The van der Waals surface area contributed by atoms with Crippen molar-refractivity contribution in [1.29, 1.82) is 0 Å². The Kier molecular flexibility index (Phi) is 7.76. The maximum Gasteiger partial charge on any atom is 0.279 e. The van der Waals surface area contributed by atoms with E-state index < -0.39 is 0 Å². The van der Waals surface area contributed by atoms with E-state index in [0.717, 1.165) is 4.90 Å². The number of quaternary nitrogens is 1. The lowest BCUT2D eigenvalue weighted by molar-refractivity contribution is -0.881. The average molecular weight is 387 g/mol. The van der Waals surface area contributed by atoms with Gasteiger partial charge < -0.3 is 25.3 Å². The minimum absolute atomic E-state index is 0.145. The van der Waals surface area contributed by atoms with E-state index in [1.807, 2.05) is 13.8 Å². The molecular weight excluding hydrogens is 360 g/mol. The van der Waals surface area contributed by atoms with Crippen molar-refractivity contribution in [3.63, 3.8) is 0 Å². The van der Waals surface area contributed by atoms with E-state index in [2.05, 4.69) is 16.0 Å². The average Bonchev–Trinajstić information content (AvgIpc) is 3.17. The van der Waals surface area contributed by atoms with Crippen molar-refractivity contribution in [1.82, 2.24) is 5.32 Å². The van der Waals surface area contributed by atoms with Crippen LogP contribution in [0.15, 0.2) is 47.1 Å². The van der Waals surface area contributed by atoms with Crippen LogP contribution in [0.3, 0.4) is 0 Å². The minimum atomic E-state index is -0.225. The van der Waals surface area contributed by atoms with Gasteiger partial charge in [0.15, 0.2) is 13.1 Å². The third-order valence-electron chi connectivity index (χ3n) is 4.16. The highest BCUT2D eigenvalue weighted by Gasteiger charge is 2.19. The van der Waals surface area contributed by atoms with E-state index in [1.54, 1.807) is 42.7 Å². The second kappa shape index (κ2) is 10.3. The summed E-state index contributed by atoms with van der Waals surface area (Å²) in [4.78, 5) is 36.4. The first kappa shape index (κ1) is 21.2. The highest BCUT2D eigenvalue weighted by Crippen LogP contribution is 2.13. The Balaban J connectivity index is 1.81. The van der Waals surface area contributed by atoms with Crippen LogP contribution in [-0.2, 0) is 14.4 Å². The van der Waals surface area contributed by atoms with Gasteiger partial charge >= 0.3 is 0 Å². The molecule has 8 nitrogen and oxygen atoms in total. The smallest absolute Gasteiger partial charge is 0.279 e. The molecule has 0 saturated carbocycles. The number of benzene rings is 1. The highest BCUT2D eigenvalue weighted by molar-refractivity contribution is 5.92. The van der Waals surface area contributed by atoms with Crippen molar-refractivity contribution in [3.05, 3.63) is 48.4 Å². The molecule has 0 radical (unpaired) electrons. The number of carbonyl (C=O) groups excluding carboxylic acids is 3. The van der Waals surface area contributed by atoms with E-state index >= 15 is 0 Å². The van der Waals surface area contributed by atoms with E-state index in [-0.39, 0.29) is 36.9 Å². The number of likely N-dealkylation sites (N-methyl/N-ethyl adjacent to an activating group) is 1. The molecule has 2 aromatic rings. The van der Waals surface area contributed by atoms with Gasteiger partial charge in [-0.15, -0.1) is 0 Å². The normalized spacial score (nSPS) is 12.7. The minimum Gasteiger partial charge on any atom is -0.467 e. The standard InChI is InChI=1S/C20H26N4O4/c1-4-24(12-19(26)21-14(2)18-6-5-11-28-18)13-20(27)23-17-9-7-16(8-10-17)22-15(3)25/h5-11,14H,4,12-13H2,1-3H3,(H,21,26)(H,22,25)(H,23,27)/p+1/t14-/m1/s1. The Hall–Kier alpha value is -3.13. The maximum absolute atomic E-state index is 12.3. The maximum atomic E-state index is 12.3. The quantitative estimate of drug-likeness (QED) is 0.514. The van der Waals surface area contributed by atoms with E-state index in [9.17, 15) is 14.4 Å². The summed E-state index contributed by atoms with van der Waals surface area (Å²) in [6, 6.07) is 10.2. The van der Waals surface area contributed by atoms with Crippen molar-refractivity contribution in [2.75, 3.05) is 30.3 Å². The molecule has 8 heteroatoms. The van der Waals surface area contributed by atoms with Crippen LogP contribution in [0, 0.1) is 0 Å². The van der Waals surface area contributed by atoms with Crippen molar-refractivity contribution < 1.29 is 23.7 Å². The number of nitrogens with one attached hydrogen (secondary N) is 4. The van der Waals surface area contributed by atoms with E-state index in [1.165, 1.54) is 6.92 Å². The fourth-order valence-electron chi connectivity index (χ4n) is 2.71. The second-order valence-electron chi connectivity index (χ2n) is 6.57. The number of amides is 3. The lowest BCUT2D eigenvalue weighted by atomic mass is 10.2. The number of hydrogen-bond acceptors (Lipinski definition) is 4. The predicted molar refractivity (Wildman–Crippen MR) is 106 cm³/mol. The zero-order valence-corrected chi connectivity index (χ0v) is 16.4. The van der Waals surface area contributed by atoms with Crippen LogP contribution < -0.4 is 20.9 Å². The number of anilines is 2. The largest absolute Gasteiger partial charge is 0.467 e. The Morgan fingerprint density at radius 2 is 1.61 bits per heavy atom. The van der Waals surface area contributed by atoms with Gasteiger partial charge in [-0.3, -0.25) is 14.4 Å². The van der Waals surface area contributed by atoms with Gasteiger partial charge in [0.1, 0.15) is 5.76 Å². The van der Waals surface area contributed by atoms with Gasteiger partial charge in [0.05, 0.1) is 18.8 Å². The third-order valence-corrected chi connectivity index (χ3v) is 4.16. The first-order valence-corrected chi connectivity index (χ1v) is 9.21. The molecule has 3 amide bonds. The van der Waals surface area contributed by atoms with Crippen LogP contribution in [0.1, 0.15) is 32.6 Å². The summed E-state index contributed by atoms with van der Waals surface area (Å²) in [5, 5.41) is 8.34. The van der Waals surface area contributed by atoms with Crippen molar-refractivity contribution >= 4 is 29.1 Å². The van der Waals surface area contributed by atoms with Crippen molar-refractivity contribution in [3.8, 4) is 0 Å². The van der Waals surface area contributed by atoms with Gasteiger partial charge in [0.2, 0.25) is 5.91 Å². The van der Waals surface area contributed by atoms with Gasteiger partial charge in [-0.05, 0) is 50.2 Å². The zero-order chi connectivity index (χ0) is 20.5. The summed E-state index contributed by atoms with van der Waals surface area (Å²) < 4.78 is 5.28. The first-order chi connectivity index (χ1) is 13.4. The first-order valence-electron chi connectivity index (χ1n) is 9.21. The van der Waals surface area contributed by atoms with Gasteiger partial charge in [-0.1, -0.05) is 0 Å². The van der Waals surface area contributed by atoms with Crippen LogP contribution >= 0.6 is 0 Å². The molecule has 2 rings (SSSR count). The molecule has 1 aromatic carbocycles. The summed E-state index contributed by atoms with van der Waals surface area (Å²) in [5.41, 5.74) is 1.29. The third kappa shape index (κ3) is 6.88. The van der Waals surface area contributed by atoms with E-state index in [0.29, 0.717) is 23.7 Å². The predicted octanol–water partition coefficient (Wildman–Crippen LogP) is 0.959. The summed E-state index contributed by atoms with van der Waals surface area (Å²) in [7, 11) is 0. The summed E-state index contributed by atoms with van der Waals surface area (Å²) in [5.74, 6) is 0.203. The molecule has 0 bridgehead atoms. The van der Waals surface area contributed by atoms with Crippen LogP contribution in [0.5, 0.6) is 0 Å². The van der Waals surface area contributed by atoms with Gasteiger partial charge in [-0.2, -0.15) is 0 Å². The molecule has 4 N–H and O–H groups in total. The molecule has 150 valence electrons. The molecule has 2 atom stereocenters. The second-order valence-corrected chi connectivity index (χ2v) is 6.57. The molecule has 1 heterocycles. The van der Waals surface area contributed by atoms with Crippen LogP contribution in [-0.4, -0.2) is 37.4 Å². The van der Waals surface area contributed by atoms with Crippen LogP contribution in [0.2, 0.25) is 0 Å². The number of hydrogen-bond donors (Lipinski definition) is 4. The molecule has 0 aliphatic heterocycles. The van der Waals surface area contributed by atoms with Crippen molar-refractivity contribution in [2.24, 2.45) is 0 Å². The monoisotopic (exact) mass is 387 g/mol. The molecule has 0 aliphatic rings. The summed E-state index contributed by atoms with van der Waals surface area (Å²) in [6.07, 6.45) is 1.56. The molecule has 1 aromatic heterocycles. The van der Waals surface area contributed by atoms with Crippen LogP contribution in [0.25, 0.3) is 0 Å². The Labute approximate surface area is 164 Å². The molecule has 28 heavy (non-hydrogen) atoms. The topological polar surface area (TPSA) is 105 Å². The van der Waals surface area contributed by atoms with Gasteiger partial charge in [0.25, 0.3) is 11.8 Å². The van der Waals surface area contributed by atoms with Gasteiger partial charge in [-0.25, -0.2) is 0 Å².